The zero-order valence-electron chi connectivity index (χ0n) is 24.2. The molecule has 3 aromatic heterocycles. The van der Waals surface area contributed by atoms with E-state index in [4.69, 9.17) is 25.8 Å². The molecule has 2 atom stereocenters. The molecule has 6 N–H and O–H groups in total. The summed E-state index contributed by atoms with van der Waals surface area (Å²) in [4.78, 5) is 49.7. The average molecular weight is 679 g/mol. The summed E-state index contributed by atoms with van der Waals surface area (Å²) in [6.07, 6.45) is 3.60. The highest BCUT2D eigenvalue weighted by Gasteiger charge is 2.54. The van der Waals surface area contributed by atoms with E-state index in [9.17, 15) is 19.5 Å². The van der Waals surface area contributed by atoms with Crippen LogP contribution in [-0.4, -0.2) is 111 Å². The number of oxime groups is 1. The minimum Gasteiger partial charge on any atom is -0.477 e. The van der Waals surface area contributed by atoms with E-state index in [1.807, 2.05) is 22.9 Å². The van der Waals surface area contributed by atoms with Gasteiger partial charge in [0.05, 0.1) is 19.8 Å². The highest BCUT2D eigenvalue weighted by Crippen LogP contribution is 2.40. The van der Waals surface area contributed by atoms with Crippen molar-refractivity contribution in [3.05, 3.63) is 46.9 Å². The Morgan fingerprint density at radius 2 is 2.11 bits per heavy atom. The van der Waals surface area contributed by atoms with Gasteiger partial charge >= 0.3 is 11.6 Å². The van der Waals surface area contributed by atoms with Gasteiger partial charge in [0, 0.05) is 42.2 Å². The van der Waals surface area contributed by atoms with Gasteiger partial charge in [0.25, 0.3) is 11.8 Å². The first-order valence-electron chi connectivity index (χ1n) is 13.7. The molecule has 240 valence electrons. The van der Waals surface area contributed by atoms with E-state index in [1.165, 1.54) is 16.7 Å². The fourth-order valence-electron chi connectivity index (χ4n) is 4.62. The van der Waals surface area contributed by atoms with Crippen LogP contribution in [-0.2, 0) is 35.2 Å². The number of hydrogen-bond acceptors (Lipinski definition) is 14. The number of aromatic nitrogens is 4. The van der Waals surface area contributed by atoms with Crippen molar-refractivity contribution in [2.45, 2.75) is 23.0 Å². The molecule has 45 heavy (non-hydrogen) atoms. The summed E-state index contributed by atoms with van der Waals surface area (Å²) < 4.78 is 13.8. The van der Waals surface area contributed by atoms with Crippen molar-refractivity contribution >= 4 is 69.1 Å². The number of carboxylic acid groups (broad SMARTS) is 1. The number of carboxylic acids is 1. The number of imidazole rings is 1. The van der Waals surface area contributed by atoms with Gasteiger partial charge in [-0.1, -0.05) is 10.3 Å². The molecule has 5 rings (SSSR count). The molecular weight excluding hydrogens is 647 g/mol. The highest BCUT2D eigenvalue weighted by molar-refractivity contribution is 8.00. The number of nitrogen functional groups attached to an aromatic ring is 1. The molecule has 1 fully saturated rings. The molecule has 2 aliphatic heterocycles. The van der Waals surface area contributed by atoms with E-state index >= 15 is 0 Å². The second kappa shape index (κ2) is 15.0. The zero-order valence-corrected chi connectivity index (χ0v) is 26.6. The number of β-lactam (4-membered cyclic amide) rings is 1. The number of carbonyl (C=O) groups excluding carboxylic acids is 2. The van der Waals surface area contributed by atoms with Crippen molar-refractivity contribution in [2.24, 2.45) is 10.9 Å². The number of nitrogens with zero attached hydrogens (tertiary/aromatic N) is 6. The number of thioether (sulfide) groups is 2. The fourth-order valence-corrected chi connectivity index (χ4v) is 7.14. The van der Waals surface area contributed by atoms with Crippen LogP contribution in [0, 0.1) is 0 Å². The van der Waals surface area contributed by atoms with E-state index in [2.05, 4.69) is 20.6 Å². The maximum Gasteiger partial charge on any atom is 0.352 e. The van der Waals surface area contributed by atoms with Gasteiger partial charge < -0.3 is 36.2 Å². The van der Waals surface area contributed by atoms with Gasteiger partial charge in [-0.2, -0.15) is 0 Å². The number of nitrogens with two attached hydrogens (primary N) is 2. The molecule has 3 aromatic rings. The van der Waals surface area contributed by atoms with Gasteiger partial charge in [-0.05, 0) is 6.07 Å². The van der Waals surface area contributed by atoms with Crippen LogP contribution in [0.2, 0.25) is 0 Å². The summed E-state index contributed by atoms with van der Waals surface area (Å²) in [7, 11) is 1.56. The van der Waals surface area contributed by atoms with Crippen LogP contribution in [0.4, 0.5) is 5.13 Å². The lowest BCUT2D eigenvalue weighted by atomic mass is 10.0. The predicted octanol–water partition coefficient (Wildman–Crippen LogP) is -0.466. The maximum absolute atomic E-state index is 13.3. The third kappa shape index (κ3) is 7.39. The van der Waals surface area contributed by atoms with E-state index in [0.29, 0.717) is 31.1 Å². The molecule has 2 aliphatic rings. The van der Waals surface area contributed by atoms with E-state index in [1.54, 1.807) is 35.0 Å². The predicted molar refractivity (Wildman–Crippen MR) is 167 cm³/mol. The number of methoxy groups -OCH3 is 1. The number of ether oxygens (including phenoxy) is 2. The minimum atomic E-state index is -1.22. The first-order valence-corrected chi connectivity index (χ1v) is 16.6. The van der Waals surface area contributed by atoms with E-state index < -0.39 is 29.2 Å². The molecule has 0 aliphatic carbocycles. The van der Waals surface area contributed by atoms with Crippen molar-refractivity contribution < 1.29 is 38.4 Å². The van der Waals surface area contributed by atoms with Gasteiger partial charge in [-0.3, -0.25) is 14.5 Å². The van der Waals surface area contributed by atoms with Gasteiger partial charge in [0.1, 0.15) is 47.2 Å². The Morgan fingerprint density at radius 1 is 1.29 bits per heavy atom. The molecular formula is C26H32N9O7S3+. The third-order valence-electron chi connectivity index (χ3n) is 6.65. The van der Waals surface area contributed by atoms with Gasteiger partial charge in [-0.25, -0.2) is 14.3 Å². The summed E-state index contributed by atoms with van der Waals surface area (Å²) in [6.45, 7) is 1.86. The molecule has 0 bridgehead atoms. The van der Waals surface area contributed by atoms with Gasteiger partial charge in [-0.15, -0.1) is 39.4 Å². The Kier molecular flexibility index (Phi) is 10.9. The lowest BCUT2D eigenvalue weighted by Gasteiger charge is -2.49. The number of rotatable bonds is 16. The largest absolute Gasteiger partial charge is 0.477 e. The first kappa shape index (κ1) is 32.6. The highest BCUT2D eigenvalue weighted by atomic mass is 32.2. The number of hydrogen-bond donors (Lipinski definition) is 4. The molecule has 5 heterocycles. The molecule has 0 spiro atoms. The number of nitrogens with one attached hydrogen (secondary N) is 1. The van der Waals surface area contributed by atoms with Crippen molar-refractivity contribution in [1.29, 1.82) is 0 Å². The van der Waals surface area contributed by atoms with E-state index in [-0.39, 0.29) is 42.0 Å². The molecule has 0 radical (unpaired) electrons. The van der Waals surface area contributed by atoms with Crippen LogP contribution >= 0.6 is 34.9 Å². The average Bonchev–Trinajstić information content (AvgIpc) is 3.65. The number of thiazole rings is 1. The van der Waals surface area contributed by atoms with Crippen molar-refractivity contribution in [2.75, 3.05) is 57.3 Å². The number of carbonyl (C=O) groups is 3. The Balaban J connectivity index is 1.28. The lowest BCUT2D eigenvalue weighted by Crippen LogP contribution is -2.71. The van der Waals surface area contributed by atoms with Crippen LogP contribution in [0.3, 0.4) is 0 Å². The zero-order chi connectivity index (χ0) is 31.9. The standard InChI is InChI=1S/C26H31N9O7S3/c1-40-7-8-41-9-10-42-32-19(16-14-45-26(28)29-16)22(36)30-20-23(37)35-21(25(38)39)15(13-44-24(20)35)12-33-5-6-34-18(33)3-2-17(31-34)43-11-4-27/h2-3,5-6,14,20,24H,4,7-13,27H2,1H3,(H3-,28,29,30,36,38,39)/p+1/b32-19-/t20-,24-/m1/s1. The molecule has 19 heteroatoms. The third-order valence-corrected chi connectivity index (χ3v) is 9.62. The maximum atomic E-state index is 13.3. The number of amides is 2. The second-order valence-electron chi connectivity index (χ2n) is 9.61. The topological polar surface area (TPSA) is 213 Å². The Hall–Kier alpha value is -3.75. The molecule has 16 nitrogen and oxygen atoms in total. The Bertz CT molecular complexity index is 1630. The molecule has 1 saturated heterocycles. The van der Waals surface area contributed by atoms with Crippen molar-refractivity contribution in [3.8, 4) is 0 Å². The lowest BCUT2D eigenvalue weighted by molar-refractivity contribution is -0.662. The van der Waals surface area contributed by atoms with E-state index in [0.717, 1.165) is 27.8 Å². The number of anilines is 1. The molecule has 0 aromatic carbocycles. The number of aliphatic carboxylic acids is 1. The molecule has 2 amide bonds. The van der Waals surface area contributed by atoms with Crippen molar-refractivity contribution in [3.63, 3.8) is 0 Å². The minimum absolute atomic E-state index is 0.0595. The normalized spacial score (nSPS) is 18.2. The summed E-state index contributed by atoms with van der Waals surface area (Å²) in [5.41, 5.74) is 12.6. The monoisotopic (exact) mass is 678 g/mol. The Labute approximate surface area is 269 Å². The van der Waals surface area contributed by atoms with Crippen LogP contribution in [0.15, 0.2) is 51.4 Å². The SMILES string of the molecule is COCCOCCO/N=C(\C(=O)N[C@@H]1C(=O)N2C(C(=O)O)=C(C[n+]3ccn4nc(SCCN)ccc43)CS[C@H]12)c1csc(N)n1. The summed E-state index contributed by atoms with van der Waals surface area (Å²) in [5.74, 6) is -1.41. The smallest absolute Gasteiger partial charge is 0.352 e. The molecule has 0 saturated carbocycles. The van der Waals surface area contributed by atoms with Crippen LogP contribution in [0.5, 0.6) is 0 Å². The fraction of sp³-hybridized carbons (Fsp3) is 0.423. The van der Waals surface area contributed by atoms with Gasteiger partial charge in [0.2, 0.25) is 0 Å². The van der Waals surface area contributed by atoms with Gasteiger partial charge in [0.15, 0.2) is 17.0 Å². The summed E-state index contributed by atoms with van der Waals surface area (Å²) >= 11 is 4.03. The summed E-state index contributed by atoms with van der Waals surface area (Å²) in [6, 6.07) is 2.81. The quantitative estimate of drug-likeness (QED) is 0.0377. The molecule has 0 unspecified atom stereocenters. The van der Waals surface area contributed by atoms with Crippen LogP contribution in [0.25, 0.3) is 5.65 Å². The van der Waals surface area contributed by atoms with Crippen LogP contribution < -0.4 is 21.4 Å². The number of fused-ring (bicyclic) bond motifs is 2. The van der Waals surface area contributed by atoms with Crippen molar-refractivity contribution in [1.82, 2.24) is 24.8 Å². The Morgan fingerprint density at radius 3 is 2.84 bits per heavy atom. The summed E-state index contributed by atoms with van der Waals surface area (Å²) in [5, 5.41) is 23.3. The second-order valence-corrected chi connectivity index (χ2v) is 12.7. The van der Waals surface area contributed by atoms with Crippen LogP contribution in [0.1, 0.15) is 5.69 Å². The first-order chi connectivity index (χ1) is 21.8.